The second-order valence-electron chi connectivity index (χ2n) is 11.6. The first-order valence-electron chi connectivity index (χ1n) is 15.7. The first kappa shape index (κ1) is 38.5. The molecule has 280 valence electrons. The molecular weight excluding hydrogens is 706 g/mol. The third-order valence-electron chi connectivity index (χ3n) is 8.49. The second-order valence-corrected chi connectivity index (χ2v) is 11.6. The molecule has 0 saturated carbocycles. The predicted octanol–water partition coefficient (Wildman–Crippen LogP) is 4.92. The van der Waals surface area contributed by atoms with Crippen LogP contribution in [0.15, 0.2) is 101 Å². The van der Waals surface area contributed by atoms with Crippen molar-refractivity contribution in [3.8, 4) is 11.5 Å². The van der Waals surface area contributed by atoms with Gasteiger partial charge in [0.25, 0.3) is 5.56 Å². The summed E-state index contributed by atoms with van der Waals surface area (Å²) >= 11 is 0. The molecule has 4 aromatic rings. The molecule has 1 aliphatic rings. The number of hydrogen-bond donors (Lipinski definition) is 2. The van der Waals surface area contributed by atoms with E-state index < -0.39 is 79.7 Å². The van der Waals surface area contributed by atoms with Gasteiger partial charge in [-0.15, -0.1) is 0 Å². The lowest BCUT2D eigenvalue weighted by atomic mass is 9.80. The van der Waals surface area contributed by atoms with E-state index >= 15 is 0 Å². The Labute approximate surface area is 292 Å². The molecule has 3 aromatic carbocycles. The van der Waals surface area contributed by atoms with Crippen LogP contribution in [0.5, 0.6) is 11.5 Å². The van der Waals surface area contributed by atoms with Gasteiger partial charge in [-0.3, -0.25) is 14.3 Å². The predicted molar refractivity (Wildman–Crippen MR) is 171 cm³/mol. The van der Waals surface area contributed by atoms with Crippen molar-refractivity contribution in [2.24, 2.45) is 5.92 Å². The third kappa shape index (κ3) is 8.34. The maximum absolute atomic E-state index is 13.0. The number of ether oxygens (including phenoxy) is 6. The maximum Gasteiger partial charge on any atom is 0.402 e. The normalized spacial score (nSPS) is 19.6. The van der Waals surface area contributed by atoms with E-state index in [-0.39, 0.29) is 0 Å². The number of aromatic nitrogens is 2. The molecule has 5 rings (SSSR count). The van der Waals surface area contributed by atoms with E-state index in [0.717, 1.165) is 16.8 Å². The van der Waals surface area contributed by atoms with Gasteiger partial charge in [0.15, 0.2) is 12.1 Å². The molecule has 1 aliphatic heterocycles. The van der Waals surface area contributed by atoms with Crippen LogP contribution in [-0.4, -0.2) is 79.5 Å². The van der Waals surface area contributed by atoms with Crippen molar-refractivity contribution >= 4 is 0 Å². The van der Waals surface area contributed by atoms with Gasteiger partial charge in [0.2, 0.25) is 0 Å². The van der Waals surface area contributed by atoms with E-state index in [1.54, 1.807) is 60.7 Å². The van der Waals surface area contributed by atoms with Crippen LogP contribution >= 0.6 is 0 Å². The van der Waals surface area contributed by atoms with Crippen molar-refractivity contribution in [2.45, 2.75) is 42.5 Å². The van der Waals surface area contributed by atoms with Gasteiger partial charge in [0.1, 0.15) is 42.2 Å². The van der Waals surface area contributed by atoms with Gasteiger partial charge >= 0.3 is 18.0 Å². The summed E-state index contributed by atoms with van der Waals surface area (Å²) in [6, 6.07) is 24.1. The van der Waals surface area contributed by atoms with Crippen molar-refractivity contribution in [1.82, 2.24) is 9.55 Å². The fourth-order valence-corrected chi connectivity index (χ4v) is 5.84. The van der Waals surface area contributed by atoms with E-state index in [4.69, 9.17) is 23.7 Å². The maximum atomic E-state index is 13.0. The van der Waals surface area contributed by atoms with Crippen molar-refractivity contribution in [1.29, 1.82) is 0 Å². The number of hydrogen-bond acceptors (Lipinski definition) is 9. The number of methoxy groups -OCH3 is 2. The second kappa shape index (κ2) is 15.9. The Morgan fingerprint density at radius 2 is 1.35 bits per heavy atom. The fraction of sp³-hybridized carbons (Fsp3) is 0.371. The Bertz CT molecular complexity index is 1800. The molecule has 0 radical (unpaired) electrons. The molecule has 0 amide bonds. The molecule has 4 atom stereocenters. The summed E-state index contributed by atoms with van der Waals surface area (Å²) in [6.45, 7) is -3.38. The summed E-state index contributed by atoms with van der Waals surface area (Å²) in [7, 11) is 3.02. The molecule has 2 heterocycles. The molecule has 0 unspecified atom stereocenters. The van der Waals surface area contributed by atoms with Crippen LogP contribution in [0, 0.1) is 5.92 Å². The average Bonchev–Trinajstić information content (AvgIpc) is 3.42. The van der Waals surface area contributed by atoms with E-state index in [9.17, 15) is 41.0 Å². The lowest BCUT2D eigenvalue weighted by molar-refractivity contribution is -0.299. The van der Waals surface area contributed by atoms with Crippen LogP contribution in [-0.2, 0) is 24.5 Å². The van der Waals surface area contributed by atoms with Crippen molar-refractivity contribution in [2.75, 3.05) is 34.2 Å². The number of H-pyrrole nitrogens is 1. The molecule has 0 bridgehead atoms. The Hall–Kier alpha value is -4.68. The highest BCUT2D eigenvalue weighted by Crippen LogP contribution is 2.43. The van der Waals surface area contributed by atoms with Crippen LogP contribution in [0.25, 0.3) is 0 Å². The summed E-state index contributed by atoms with van der Waals surface area (Å²) in [5.41, 5.74) is -1.26. The van der Waals surface area contributed by atoms with Crippen LogP contribution in [0.4, 0.5) is 26.3 Å². The number of aliphatic hydroxyl groups is 1. The number of rotatable bonds is 14. The Balaban J connectivity index is 1.48. The number of aromatic amines is 1. The first-order valence-corrected chi connectivity index (χ1v) is 15.7. The SMILES string of the molecule is COc1ccc(C(OC[C@H]2O[C@@H](n3ccc(=O)[nH]c3=O)[C@@H](OCOCC(C(F)(F)F)C(F)(F)F)[C@H]2O)(c2ccccc2)c2ccc(OC)cc2)cc1. The molecular formula is C35H34F6N2O9. The summed E-state index contributed by atoms with van der Waals surface area (Å²) in [5, 5.41) is 11.5. The quantitative estimate of drug-likeness (QED) is 0.0801. The van der Waals surface area contributed by atoms with Gasteiger partial charge in [-0.2, -0.15) is 26.3 Å². The first-order chi connectivity index (χ1) is 24.7. The Morgan fingerprint density at radius 1 is 0.808 bits per heavy atom. The number of alkyl halides is 6. The number of halogens is 6. The molecule has 1 saturated heterocycles. The molecule has 52 heavy (non-hydrogen) atoms. The van der Waals surface area contributed by atoms with E-state index in [1.807, 2.05) is 23.2 Å². The lowest BCUT2D eigenvalue weighted by Gasteiger charge is -2.37. The Morgan fingerprint density at radius 3 is 1.85 bits per heavy atom. The van der Waals surface area contributed by atoms with Gasteiger partial charge in [-0.1, -0.05) is 54.6 Å². The summed E-state index contributed by atoms with van der Waals surface area (Å²) in [4.78, 5) is 26.6. The van der Waals surface area contributed by atoms with Gasteiger partial charge < -0.3 is 33.5 Å². The lowest BCUT2D eigenvalue weighted by Crippen LogP contribution is -2.42. The highest BCUT2D eigenvalue weighted by molar-refractivity contribution is 5.49. The summed E-state index contributed by atoms with van der Waals surface area (Å²) in [5.74, 6) is -2.68. The van der Waals surface area contributed by atoms with E-state index in [0.29, 0.717) is 28.2 Å². The number of nitrogens with one attached hydrogen (secondary N) is 1. The number of nitrogens with zero attached hydrogens (tertiary/aromatic N) is 1. The molecule has 11 nitrogen and oxygen atoms in total. The Kier molecular flexibility index (Phi) is 11.8. The third-order valence-corrected chi connectivity index (χ3v) is 8.49. The smallest absolute Gasteiger partial charge is 0.402 e. The van der Waals surface area contributed by atoms with Crippen molar-refractivity contribution < 1.29 is 59.9 Å². The van der Waals surface area contributed by atoms with Crippen LogP contribution < -0.4 is 20.7 Å². The van der Waals surface area contributed by atoms with E-state index in [1.165, 1.54) is 14.2 Å². The zero-order valence-corrected chi connectivity index (χ0v) is 27.6. The van der Waals surface area contributed by atoms with Crippen LogP contribution in [0.1, 0.15) is 22.9 Å². The standard InChI is InChI=1S/C35H34F6N2O9/c1-47-24-12-8-22(9-13-24)33(21-6-4-3-5-7-21,23-10-14-25(48-2)15-11-23)51-18-26-29(45)30(31(52-26)43-17-16-28(44)42-32(43)46)50-20-49-19-27(34(36,37)38)35(39,40)41/h3-17,26-27,29-31,45H,18-20H2,1-2H3,(H,42,44,46)/t26-,29+,30+,31-/m1/s1. The monoisotopic (exact) mass is 740 g/mol. The van der Waals surface area contributed by atoms with Crippen molar-refractivity contribution in [3.05, 3.63) is 129 Å². The number of aliphatic hydroxyl groups excluding tert-OH is 1. The molecule has 1 fully saturated rings. The van der Waals surface area contributed by atoms with Crippen molar-refractivity contribution in [3.63, 3.8) is 0 Å². The molecule has 0 spiro atoms. The van der Waals surface area contributed by atoms with Gasteiger partial charge in [-0.05, 0) is 41.0 Å². The topological polar surface area (TPSA) is 130 Å². The molecule has 2 N–H and O–H groups in total. The van der Waals surface area contributed by atoms with Gasteiger partial charge in [0.05, 0.1) is 27.4 Å². The zero-order valence-electron chi connectivity index (χ0n) is 27.6. The molecule has 0 aliphatic carbocycles. The van der Waals surface area contributed by atoms with Crippen LogP contribution in [0.2, 0.25) is 0 Å². The highest BCUT2D eigenvalue weighted by Gasteiger charge is 2.57. The summed E-state index contributed by atoms with van der Waals surface area (Å²) in [6.07, 6.45) is -16.4. The largest absolute Gasteiger partial charge is 0.497 e. The van der Waals surface area contributed by atoms with E-state index in [2.05, 4.69) is 4.74 Å². The van der Waals surface area contributed by atoms with Crippen LogP contribution in [0.3, 0.4) is 0 Å². The number of benzene rings is 3. The highest BCUT2D eigenvalue weighted by atomic mass is 19.4. The average molecular weight is 741 g/mol. The minimum Gasteiger partial charge on any atom is -0.497 e. The summed E-state index contributed by atoms with van der Waals surface area (Å²) < 4.78 is 113. The van der Waals surface area contributed by atoms with Gasteiger partial charge in [-0.25, -0.2) is 4.79 Å². The molecule has 17 heteroatoms. The zero-order chi connectivity index (χ0) is 37.7. The minimum atomic E-state index is -5.65. The molecule has 1 aromatic heterocycles. The fourth-order valence-electron chi connectivity index (χ4n) is 5.84. The minimum absolute atomic E-state index is 0.409. The van der Waals surface area contributed by atoms with Gasteiger partial charge in [0, 0.05) is 12.3 Å².